The molecule has 1 saturated carbocycles. The smallest absolute Gasteiger partial charge is 0.253 e. The van der Waals surface area contributed by atoms with Crippen molar-refractivity contribution in [3.05, 3.63) is 29.8 Å². The van der Waals surface area contributed by atoms with Crippen molar-refractivity contribution in [1.82, 2.24) is 10.6 Å². The Balaban J connectivity index is 0.00000192. The van der Waals surface area contributed by atoms with Crippen molar-refractivity contribution in [2.75, 3.05) is 25.0 Å². The number of para-hydroxylation sites is 1. The molecule has 5 nitrogen and oxygen atoms in total. The van der Waals surface area contributed by atoms with Crippen molar-refractivity contribution < 1.29 is 9.59 Å². The van der Waals surface area contributed by atoms with Crippen LogP contribution in [0.4, 0.5) is 5.69 Å². The molecule has 1 spiro atoms. The molecule has 2 fully saturated rings. The van der Waals surface area contributed by atoms with Gasteiger partial charge in [0.1, 0.15) is 0 Å². The molecule has 1 aromatic rings. The lowest BCUT2D eigenvalue weighted by Crippen LogP contribution is -2.32. The van der Waals surface area contributed by atoms with Crippen LogP contribution in [-0.2, 0) is 4.79 Å². The third-order valence-electron chi connectivity index (χ3n) is 4.87. The highest BCUT2D eigenvalue weighted by atomic mass is 35.5. The lowest BCUT2D eigenvalue weighted by atomic mass is 9.91. The van der Waals surface area contributed by atoms with Gasteiger partial charge in [0.25, 0.3) is 5.91 Å². The number of carbonyl (C=O) groups excluding carboxylic acids is 2. The van der Waals surface area contributed by atoms with Crippen LogP contribution in [0.3, 0.4) is 0 Å². The Labute approximate surface area is 143 Å². The van der Waals surface area contributed by atoms with Crippen molar-refractivity contribution in [3.8, 4) is 0 Å². The van der Waals surface area contributed by atoms with Crippen molar-refractivity contribution >= 4 is 29.9 Å². The minimum Gasteiger partial charge on any atom is -0.352 e. The van der Waals surface area contributed by atoms with Gasteiger partial charge in [-0.2, -0.15) is 0 Å². The highest BCUT2D eigenvalue weighted by Gasteiger charge is 2.57. The second-order valence-corrected chi connectivity index (χ2v) is 6.26. The quantitative estimate of drug-likeness (QED) is 0.788. The summed E-state index contributed by atoms with van der Waals surface area (Å²) in [6, 6.07) is 7.19. The number of hydrogen-bond donors (Lipinski definition) is 3. The van der Waals surface area contributed by atoms with Crippen LogP contribution in [0.1, 0.15) is 36.5 Å². The Bertz CT molecular complexity index is 585. The highest BCUT2D eigenvalue weighted by Crippen LogP contribution is 2.58. The predicted octanol–water partition coefficient (Wildman–Crippen LogP) is 2.19. The molecule has 3 N–H and O–H groups in total. The van der Waals surface area contributed by atoms with Crippen LogP contribution in [0.25, 0.3) is 0 Å². The van der Waals surface area contributed by atoms with E-state index in [0.29, 0.717) is 17.8 Å². The first kappa shape index (κ1) is 17.8. The molecular formula is C17H24ClN3O2. The number of amides is 2. The second kappa shape index (κ2) is 7.32. The Morgan fingerprint density at radius 3 is 2.65 bits per heavy atom. The molecule has 1 aromatic carbocycles. The van der Waals surface area contributed by atoms with Crippen LogP contribution in [0, 0.1) is 11.3 Å². The fraction of sp³-hybridized carbons (Fsp3) is 0.529. The van der Waals surface area contributed by atoms with E-state index in [9.17, 15) is 9.59 Å². The monoisotopic (exact) mass is 337 g/mol. The third-order valence-corrected chi connectivity index (χ3v) is 4.87. The molecule has 1 saturated heterocycles. The summed E-state index contributed by atoms with van der Waals surface area (Å²) >= 11 is 0. The molecular weight excluding hydrogens is 314 g/mol. The second-order valence-electron chi connectivity index (χ2n) is 6.26. The first-order valence-corrected chi connectivity index (χ1v) is 8.05. The summed E-state index contributed by atoms with van der Waals surface area (Å²) in [7, 11) is 0. The van der Waals surface area contributed by atoms with E-state index < -0.39 is 0 Å². The molecule has 1 atom stereocenters. The average Bonchev–Trinajstić information content (AvgIpc) is 3.22. The normalized spacial score (nSPS) is 21.2. The number of hydrogen-bond acceptors (Lipinski definition) is 3. The van der Waals surface area contributed by atoms with Gasteiger partial charge in [-0.15, -0.1) is 12.4 Å². The molecule has 0 bridgehead atoms. The van der Waals surface area contributed by atoms with Gasteiger partial charge in [-0.25, -0.2) is 0 Å². The van der Waals surface area contributed by atoms with Crippen LogP contribution in [0.15, 0.2) is 24.3 Å². The van der Waals surface area contributed by atoms with Gasteiger partial charge in [0.15, 0.2) is 0 Å². The zero-order chi connectivity index (χ0) is 15.6. The molecule has 3 rings (SSSR count). The fourth-order valence-corrected chi connectivity index (χ4v) is 3.46. The molecule has 1 heterocycles. The van der Waals surface area contributed by atoms with E-state index in [1.807, 2.05) is 19.1 Å². The number of benzene rings is 1. The van der Waals surface area contributed by atoms with Crippen LogP contribution < -0.4 is 16.0 Å². The Hall–Kier alpha value is -1.59. The third kappa shape index (κ3) is 3.67. The summed E-state index contributed by atoms with van der Waals surface area (Å²) in [6.45, 7) is 4.45. The Morgan fingerprint density at radius 1 is 1.26 bits per heavy atom. The Kier molecular flexibility index (Phi) is 5.65. The van der Waals surface area contributed by atoms with E-state index in [1.54, 1.807) is 12.1 Å². The first-order chi connectivity index (χ1) is 10.7. The molecule has 1 aliphatic heterocycles. The average molecular weight is 338 g/mol. The molecule has 1 unspecified atom stereocenters. The SMILES string of the molecule is CCNC(=O)c1ccccc1NC(=O)C1CC12CCNCC2.Cl. The van der Waals surface area contributed by atoms with Gasteiger partial charge in [0.05, 0.1) is 11.3 Å². The van der Waals surface area contributed by atoms with E-state index >= 15 is 0 Å². The molecule has 23 heavy (non-hydrogen) atoms. The van der Waals surface area contributed by atoms with Crippen molar-refractivity contribution in [1.29, 1.82) is 0 Å². The van der Waals surface area contributed by atoms with E-state index in [-0.39, 0.29) is 35.6 Å². The lowest BCUT2D eigenvalue weighted by Gasteiger charge is -2.23. The molecule has 0 radical (unpaired) electrons. The first-order valence-electron chi connectivity index (χ1n) is 8.05. The summed E-state index contributed by atoms with van der Waals surface area (Å²) < 4.78 is 0. The van der Waals surface area contributed by atoms with E-state index in [4.69, 9.17) is 0 Å². The van der Waals surface area contributed by atoms with E-state index in [1.165, 1.54) is 0 Å². The maximum Gasteiger partial charge on any atom is 0.253 e. The summed E-state index contributed by atoms with van der Waals surface area (Å²) in [6.07, 6.45) is 3.12. The fourth-order valence-electron chi connectivity index (χ4n) is 3.46. The summed E-state index contributed by atoms with van der Waals surface area (Å²) in [4.78, 5) is 24.6. The molecule has 2 amide bonds. The largest absolute Gasteiger partial charge is 0.352 e. The van der Waals surface area contributed by atoms with Gasteiger partial charge in [0.2, 0.25) is 5.91 Å². The van der Waals surface area contributed by atoms with E-state index in [2.05, 4.69) is 16.0 Å². The molecule has 1 aliphatic carbocycles. The molecule has 6 heteroatoms. The zero-order valence-corrected chi connectivity index (χ0v) is 14.2. The van der Waals surface area contributed by atoms with Crippen LogP contribution >= 0.6 is 12.4 Å². The molecule has 126 valence electrons. The van der Waals surface area contributed by atoms with Crippen LogP contribution in [-0.4, -0.2) is 31.4 Å². The maximum atomic E-state index is 12.5. The summed E-state index contributed by atoms with van der Waals surface area (Å²) in [5, 5.41) is 9.08. The number of piperidine rings is 1. The topological polar surface area (TPSA) is 70.2 Å². The minimum atomic E-state index is -0.147. The number of rotatable bonds is 4. The highest BCUT2D eigenvalue weighted by molar-refractivity contribution is 6.04. The van der Waals surface area contributed by atoms with Crippen molar-refractivity contribution in [2.24, 2.45) is 11.3 Å². The van der Waals surface area contributed by atoms with Crippen LogP contribution in [0.2, 0.25) is 0 Å². The van der Waals surface area contributed by atoms with Gasteiger partial charge >= 0.3 is 0 Å². The summed E-state index contributed by atoms with van der Waals surface area (Å²) in [5.74, 6) is 0.00122. The standard InChI is InChI=1S/C17H23N3O2.ClH/c1-2-19-15(21)12-5-3-4-6-14(12)20-16(22)13-11-17(13)7-9-18-10-8-17;/h3-6,13,18H,2,7-11H2,1H3,(H,19,21)(H,20,22);1H. The maximum absolute atomic E-state index is 12.5. The van der Waals surface area contributed by atoms with Gasteiger partial charge in [-0.1, -0.05) is 12.1 Å². The Morgan fingerprint density at radius 2 is 1.96 bits per heavy atom. The number of nitrogens with one attached hydrogen (secondary N) is 3. The van der Waals surface area contributed by atoms with Gasteiger partial charge in [0, 0.05) is 12.5 Å². The van der Waals surface area contributed by atoms with Crippen LogP contribution in [0.5, 0.6) is 0 Å². The van der Waals surface area contributed by atoms with Crippen molar-refractivity contribution in [2.45, 2.75) is 26.2 Å². The van der Waals surface area contributed by atoms with Gasteiger partial charge in [-0.05, 0) is 56.8 Å². The molecule has 0 aromatic heterocycles. The molecule has 2 aliphatic rings. The predicted molar refractivity (Wildman–Crippen MR) is 93.0 cm³/mol. The minimum absolute atomic E-state index is 0. The van der Waals surface area contributed by atoms with Gasteiger partial charge < -0.3 is 16.0 Å². The number of halogens is 1. The number of anilines is 1. The zero-order valence-electron chi connectivity index (χ0n) is 13.4. The van der Waals surface area contributed by atoms with E-state index in [0.717, 1.165) is 32.4 Å². The lowest BCUT2D eigenvalue weighted by molar-refractivity contribution is -0.118. The summed E-state index contributed by atoms with van der Waals surface area (Å²) in [5.41, 5.74) is 1.34. The number of carbonyl (C=O) groups is 2. The van der Waals surface area contributed by atoms with Gasteiger partial charge in [-0.3, -0.25) is 9.59 Å². The van der Waals surface area contributed by atoms with Crippen molar-refractivity contribution in [3.63, 3.8) is 0 Å².